The van der Waals surface area contributed by atoms with Gasteiger partial charge in [0.25, 0.3) is 0 Å². The molecule has 1 aliphatic heterocycles. The highest BCUT2D eigenvalue weighted by Crippen LogP contribution is 2.24. The Labute approximate surface area is 147 Å². The average molecular weight is 342 g/mol. The highest BCUT2D eigenvalue weighted by atomic mass is 19.1. The van der Waals surface area contributed by atoms with Gasteiger partial charge in [0, 0.05) is 49.4 Å². The van der Waals surface area contributed by atoms with Gasteiger partial charge in [-0.25, -0.2) is 9.37 Å². The van der Waals surface area contributed by atoms with Crippen LogP contribution in [0.2, 0.25) is 0 Å². The Morgan fingerprint density at radius 1 is 1.16 bits per heavy atom. The summed E-state index contributed by atoms with van der Waals surface area (Å²) in [5.41, 5.74) is 7.12. The third-order valence-electron chi connectivity index (χ3n) is 4.65. The molecule has 1 aromatic carbocycles. The van der Waals surface area contributed by atoms with Crippen molar-refractivity contribution in [2.24, 2.45) is 11.7 Å². The second kappa shape index (κ2) is 8.07. The molecular weight excluding hydrogens is 319 g/mol. The summed E-state index contributed by atoms with van der Waals surface area (Å²) in [5, 5.41) is 3.28. The number of rotatable bonds is 6. The quantitative estimate of drug-likeness (QED) is 0.844. The number of carbonyl (C=O) groups is 1. The summed E-state index contributed by atoms with van der Waals surface area (Å²) >= 11 is 0. The lowest BCUT2D eigenvalue weighted by Crippen LogP contribution is -2.39. The van der Waals surface area contributed by atoms with Crippen molar-refractivity contribution in [3.05, 3.63) is 59.5 Å². The molecule has 1 amide bonds. The lowest BCUT2D eigenvalue weighted by Gasteiger charge is -2.32. The third-order valence-corrected chi connectivity index (χ3v) is 4.65. The average Bonchev–Trinajstić information content (AvgIpc) is 2.64. The number of halogens is 1. The summed E-state index contributed by atoms with van der Waals surface area (Å²) in [4.78, 5) is 18.0. The Bertz CT molecular complexity index is 729. The maximum absolute atomic E-state index is 13.7. The first-order valence-electron chi connectivity index (χ1n) is 8.57. The van der Waals surface area contributed by atoms with Gasteiger partial charge >= 0.3 is 0 Å². The van der Waals surface area contributed by atoms with Gasteiger partial charge in [-0.15, -0.1) is 0 Å². The van der Waals surface area contributed by atoms with E-state index in [4.69, 9.17) is 5.73 Å². The standard InChI is InChI=1S/C19H23FN4O/c20-17-6-2-1-4-15(17)12-22-13-16-5-3-9-23-19(16)24-10-7-14(8-11-24)18(21)25/h1-6,9,14,22H,7-8,10-13H2,(H2,21,25). The molecule has 5 nitrogen and oxygen atoms in total. The van der Waals surface area contributed by atoms with E-state index in [0.29, 0.717) is 18.7 Å². The maximum Gasteiger partial charge on any atom is 0.220 e. The first-order chi connectivity index (χ1) is 12.1. The van der Waals surface area contributed by atoms with Crippen molar-refractivity contribution in [1.82, 2.24) is 10.3 Å². The Morgan fingerprint density at radius 3 is 2.56 bits per heavy atom. The minimum Gasteiger partial charge on any atom is -0.369 e. The van der Waals surface area contributed by atoms with Crippen LogP contribution in [0.4, 0.5) is 10.2 Å². The Balaban J connectivity index is 1.61. The van der Waals surface area contributed by atoms with Crippen molar-refractivity contribution in [1.29, 1.82) is 0 Å². The molecule has 0 atom stereocenters. The topological polar surface area (TPSA) is 71.2 Å². The number of piperidine rings is 1. The largest absolute Gasteiger partial charge is 0.369 e. The number of benzene rings is 1. The highest BCUT2D eigenvalue weighted by molar-refractivity contribution is 5.77. The molecule has 3 rings (SSSR count). The minimum absolute atomic E-state index is 0.0393. The van der Waals surface area contributed by atoms with E-state index in [2.05, 4.69) is 15.2 Å². The molecule has 0 aliphatic carbocycles. The van der Waals surface area contributed by atoms with Crippen LogP contribution >= 0.6 is 0 Å². The second-order valence-electron chi connectivity index (χ2n) is 6.34. The van der Waals surface area contributed by atoms with E-state index >= 15 is 0 Å². The van der Waals surface area contributed by atoms with Crippen molar-refractivity contribution in [2.45, 2.75) is 25.9 Å². The van der Waals surface area contributed by atoms with E-state index in [1.54, 1.807) is 18.3 Å². The number of hydrogen-bond acceptors (Lipinski definition) is 4. The maximum atomic E-state index is 13.7. The van der Waals surface area contributed by atoms with Gasteiger partial charge in [-0.05, 0) is 25.0 Å². The summed E-state index contributed by atoms with van der Waals surface area (Å²) < 4.78 is 13.7. The molecule has 0 saturated carbocycles. The number of amides is 1. The van der Waals surface area contributed by atoms with Crippen LogP contribution in [0.15, 0.2) is 42.6 Å². The van der Waals surface area contributed by atoms with E-state index in [1.807, 2.05) is 18.2 Å². The van der Waals surface area contributed by atoms with E-state index < -0.39 is 0 Å². The normalized spacial score (nSPS) is 15.3. The molecule has 3 N–H and O–H groups in total. The van der Waals surface area contributed by atoms with Gasteiger partial charge in [0.1, 0.15) is 11.6 Å². The summed E-state index contributed by atoms with van der Waals surface area (Å²) in [7, 11) is 0. The van der Waals surface area contributed by atoms with Crippen molar-refractivity contribution >= 4 is 11.7 Å². The van der Waals surface area contributed by atoms with Crippen molar-refractivity contribution in [3.63, 3.8) is 0 Å². The smallest absolute Gasteiger partial charge is 0.220 e. The van der Waals surface area contributed by atoms with Crippen LogP contribution in [-0.4, -0.2) is 24.0 Å². The van der Waals surface area contributed by atoms with Crippen LogP contribution < -0.4 is 16.0 Å². The first-order valence-corrected chi connectivity index (χ1v) is 8.57. The number of hydrogen-bond donors (Lipinski definition) is 2. The van der Waals surface area contributed by atoms with Crippen LogP contribution in [0.25, 0.3) is 0 Å². The number of nitrogens with two attached hydrogens (primary N) is 1. The van der Waals surface area contributed by atoms with Gasteiger partial charge in [0.2, 0.25) is 5.91 Å². The van der Waals surface area contributed by atoms with E-state index in [-0.39, 0.29) is 17.6 Å². The molecule has 0 unspecified atom stereocenters. The molecule has 2 heterocycles. The fourth-order valence-corrected chi connectivity index (χ4v) is 3.20. The molecule has 1 aromatic heterocycles. The van der Waals surface area contributed by atoms with Crippen LogP contribution in [0.5, 0.6) is 0 Å². The minimum atomic E-state index is -0.215. The van der Waals surface area contributed by atoms with Gasteiger partial charge in [-0.3, -0.25) is 4.79 Å². The van der Waals surface area contributed by atoms with Crippen molar-refractivity contribution in [3.8, 4) is 0 Å². The number of nitrogens with one attached hydrogen (secondary N) is 1. The lowest BCUT2D eigenvalue weighted by atomic mass is 9.96. The number of anilines is 1. The molecule has 0 spiro atoms. The fraction of sp³-hybridized carbons (Fsp3) is 0.368. The summed E-state index contributed by atoms with van der Waals surface area (Å²) in [5.74, 6) is 0.469. The Kier molecular flexibility index (Phi) is 5.60. The van der Waals surface area contributed by atoms with Crippen molar-refractivity contribution in [2.75, 3.05) is 18.0 Å². The van der Waals surface area contributed by atoms with Crippen LogP contribution in [0, 0.1) is 11.7 Å². The predicted octanol–water partition coefficient (Wildman–Crippen LogP) is 2.21. The fourth-order valence-electron chi connectivity index (χ4n) is 3.20. The molecule has 2 aromatic rings. The number of pyridine rings is 1. The molecule has 0 bridgehead atoms. The zero-order valence-electron chi connectivity index (χ0n) is 14.1. The predicted molar refractivity (Wildman–Crippen MR) is 95.3 cm³/mol. The molecule has 1 saturated heterocycles. The molecule has 6 heteroatoms. The molecule has 132 valence electrons. The molecule has 1 aliphatic rings. The van der Waals surface area contributed by atoms with Gasteiger partial charge in [-0.1, -0.05) is 24.3 Å². The number of aromatic nitrogens is 1. The Hall–Kier alpha value is -2.47. The molecular formula is C19H23FN4O. The van der Waals surface area contributed by atoms with E-state index in [1.165, 1.54) is 6.07 Å². The van der Waals surface area contributed by atoms with E-state index in [0.717, 1.165) is 37.3 Å². The summed E-state index contributed by atoms with van der Waals surface area (Å²) in [6.07, 6.45) is 3.29. The monoisotopic (exact) mass is 342 g/mol. The second-order valence-corrected chi connectivity index (χ2v) is 6.34. The molecule has 0 radical (unpaired) electrons. The molecule has 1 fully saturated rings. The van der Waals surface area contributed by atoms with Crippen LogP contribution in [0.1, 0.15) is 24.0 Å². The van der Waals surface area contributed by atoms with Gasteiger partial charge in [0.05, 0.1) is 0 Å². The van der Waals surface area contributed by atoms with E-state index in [9.17, 15) is 9.18 Å². The number of nitrogens with zero attached hydrogens (tertiary/aromatic N) is 2. The summed E-state index contributed by atoms with van der Waals surface area (Å²) in [6, 6.07) is 10.7. The van der Waals surface area contributed by atoms with Gasteiger partial charge < -0.3 is 16.0 Å². The van der Waals surface area contributed by atoms with Crippen molar-refractivity contribution < 1.29 is 9.18 Å². The highest BCUT2D eigenvalue weighted by Gasteiger charge is 2.24. The lowest BCUT2D eigenvalue weighted by molar-refractivity contribution is -0.122. The number of carbonyl (C=O) groups excluding carboxylic acids is 1. The number of primary amides is 1. The van der Waals surface area contributed by atoms with Gasteiger partial charge in [0.15, 0.2) is 0 Å². The van der Waals surface area contributed by atoms with Gasteiger partial charge in [-0.2, -0.15) is 0 Å². The van der Waals surface area contributed by atoms with Crippen LogP contribution in [0.3, 0.4) is 0 Å². The Morgan fingerprint density at radius 2 is 1.84 bits per heavy atom. The first kappa shape index (κ1) is 17.4. The summed E-state index contributed by atoms with van der Waals surface area (Å²) in [6.45, 7) is 2.61. The zero-order chi connectivity index (χ0) is 17.6. The van der Waals surface area contributed by atoms with Crippen LogP contribution in [-0.2, 0) is 17.9 Å². The third kappa shape index (κ3) is 4.33. The zero-order valence-corrected chi connectivity index (χ0v) is 14.1. The SMILES string of the molecule is NC(=O)C1CCN(c2ncccc2CNCc2ccccc2F)CC1. The molecule has 25 heavy (non-hydrogen) atoms.